The van der Waals surface area contributed by atoms with E-state index in [1.54, 1.807) is 38.1 Å². The SMILES string of the molecule is CCOC(=O)c1ccccc1N(C(=O)OCC)C1CCS(=O)(=O)C1. The molecule has 1 unspecified atom stereocenters. The minimum Gasteiger partial charge on any atom is -0.462 e. The quantitative estimate of drug-likeness (QED) is 0.751. The maximum Gasteiger partial charge on any atom is 0.414 e. The predicted molar refractivity (Wildman–Crippen MR) is 89.0 cm³/mol. The van der Waals surface area contributed by atoms with E-state index in [2.05, 4.69) is 0 Å². The Morgan fingerprint density at radius 2 is 1.83 bits per heavy atom. The minimum atomic E-state index is -3.21. The minimum absolute atomic E-state index is 0.00907. The maximum absolute atomic E-state index is 12.4. The molecule has 132 valence electrons. The van der Waals surface area contributed by atoms with Crippen LogP contribution in [0.1, 0.15) is 30.6 Å². The van der Waals surface area contributed by atoms with Crippen molar-refractivity contribution in [1.29, 1.82) is 0 Å². The van der Waals surface area contributed by atoms with Gasteiger partial charge >= 0.3 is 12.1 Å². The first-order chi connectivity index (χ1) is 11.4. The van der Waals surface area contributed by atoms with Crippen LogP contribution in [0.4, 0.5) is 10.5 Å². The molecule has 0 radical (unpaired) electrons. The number of rotatable bonds is 5. The van der Waals surface area contributed by atoms with Gasteiger partial charge < -0.3 is 9.47 Å². The summed E-state index contributed by atoms with van der Waals surface area (Å²) in [5.41, 5.74) is 0.508. The number of sulfone groups is 1. The van der Waals surface area contributed by atoms with E-state index in [-0.39, 0.29) is 30.3 Å². The largest absolute Gasteiger partial charge is 0.462 e. The Balaban J connectivity index is 2.44. The van der Waals surface area contributed by atoms with Crippen molar-refractivity contribution in [1.82, 2.24) is 0 Å². The molecule has 1 fully saturated rings. The zero-order valence-corrected chi connectivity index (χ0v) is 14.5. The summed E-state index contributed by atoms with van der Waals surface area (Å²) in [5, 5.41) is 0. The zero-order valence-electron chi connectivity index (χ0n) is 13.7. The number of hydrogen-bond acceptors (Lipinski definition) is 6. The molecule has 1 aliphatic rings. The van der Waals surface area contributed by atoms with Crippen LogP contribution in [0.3, 0.4) is 0 Å². The molecule has 1 heterocycles. The number of nitrogens with zero attached hydrogens (tertiary/aromatic N) is 1. The second kappa shape index (κ2) is 7.65. The van der Waals surface area contributed by atoms with Gasteiger partial charge in [-0.2, -0.15) is 0 Å². The van der Waals surface area contributed by atoms with Gasteiger partial charge in [-0.1, -0.05) is 12.1 Å². The van der Waals surface area contributed by atoms with Crippen molar-refractivity contribution >= 4 is 27.6 Å². The van der Waals surface area contributed by atoms with Crippen molar-refractivity contribution in [3.05, 3.63) is 29.8 Å². The Kier molecular flexibility index (Phi) is 5.82. The first kappa shape index (κ1) is 18.3. The molecular weight excluding hydrogens is 334 g/mol. The number of para-hydroxylation sites is 1. The smallest absolute Gasteiger partial charge is 0.414 e. The fourth-order valence-electron chi connectivity index (χ4n) is 2.68. The number of amides is 1. The molecular formula is C16H21NO6S. The standard InChI is InChI=1S/C16H21NO6S/c1-3-22-15(18)13-7-5-6-8-14(13)17(16(19)23-4-2)12-9-10-24(20,21)11-12/h5-8,12H,3-4,9-11H2,1-2H3. The molecule has 1 saturated heterocycles. The average molecular weight is 355 g/mol. The van der Waals surface area contributed by atoms with Crippen LogP contribution < -0.4 is 4.90 Å². The Morgan fingerprint density at radius 3 is 2.42 bits per heavy atom. The van der Waals surface area contributed by atoms with Crippen LogP contribution in [0, 0.1) is 0 Å². The van der Waals surface area contributed by atoms with E-state index in [1.807, 2.05) is 0 Å². The molecule has 1 aromatic carbocycles. The predicted octanol–water partition coefficient (Wildman–Crippen LogP) is 2.01. The molecule has 0 N–H and O–H groups in total. The van der Waals surface area contributed by atoms with Gasteiger partial charge in [0.15, 0.2) is 9.84 Å². The molecule has 8 heteroatoms. The number of anilines is 1. The van der Waals surface area contributed by atoms with Crippen molar-refractivity contribution in [2.24, 2.45) is 0 Å². The number of benzene rings is 1. The monoisotopic (exact) mass is 355 g/mol. The molecule has 1 aromatic rings. The Morgan fingerprint density at radius 1 is 1.17 bits per heavy atom. The lowest BCUT2D eigenvalue weighted by atomic mass is 10.1. The molecule has 0 aromatic heterocycles. The molecule has 1 atom stereocenters. The summed E-state index contributed by atoms with van der Waals surface area (Å²) in [7, 11) is -3.21. The van der Waals surface area contributed by atoms with Gasteiger partial charge in [0.1, 0.15) is 0 Å². The van der Waals surface area contributed by atoms with Crippen molar-refractivity contribution < 1.29 is 27.5 Å². The fraction of sp³-hybridized carbons (Fsp3) is 0.500. The van der Waals surface area contributed by atoms with Gasteiger partial charge in [0.25, 0.3) is 0 Å². The molecule has 24 heavy (non-hydrogen) atoms. The van der Waals surface area contributed by atoms with Gasteiger partial charge in [0.05, 0.1) is 42.0 Å². The molecule has 1 aliphatic heterocycles. The number of carbonyl (C=O) groups is 2. The highest BCUT2D eigenvalue weighted by Gasteiger charge is 2.37. The highest BCUT2D eigenvalue weighted by molar-refractivity contribution is 7.91. The molecule has 0 saturated carbocycles. The van der Waals surface area contributed by atoms with E-state index < -0.39 is 27.9 Å². The van der Waals surface area contributed by atoms with Crippen LogP contribution in [-0.4, -0.2) is 51.2 Å². The van der Waals surface area contributed by atoms with Crippen LogP contribution in [-0.2, 0) is 19.3 Å². The maximum atomic E-state index is 12.4. The lowest BCUT2D eigenvalue weighted by Gasteiger charge is -2.28. The molecule has 7 nitrogen and oxygen atoms in total. The first-order valence-electron chi connectivity index (χ1n) is 7.82. The van der Waals surface area contributed by atoms with Crippen molar-refractivity contribution in [2.75, 3.05) is 29.6 Å². The number of esters is 1. The Bertz CT molecular complexity index is 715. The summed E-state index contributed by atoms with van der Waals surface area (Å²) in [4.78, 5) is 25.9. The molecule has 1 amide bonds. The molecule has 2 rings (SSSR count). The highest BCUT2D eigenvalue weighted by Crippen LogP contribution is 2.29. The topological polar surface area (TPSA) is 90.0 Å². The fourth-order valence-corrected chi connectivity index (χ4v) is 4.38. The molecule has 0 bridgehead atoms. The Labute approximate surface area is 141 Å². The van der Waals surface area contributed by atoms with E-state index >= 15 is 0 Å². The van der Waals surface area contributed by atoms with Crippen LogP contribution in [0.15, 0.2) is 24.3 Å². The van der Waals surface area contributed by atoms with Gasteiger partial charge in [-0.3, -0.25) is 4.90 Å². The summed E-state index contributed by atoms with van der Waals surface area (Å²) in [5.74, 6) is -0.707. The van der Waals surface area contributed by atoms with E-state index in [4.69, 9.17) is 9.47 Å². The van der Waals surface area contributed by atoms with Crippen LogP contribution in [0.25, 0.3) is 0 Å². The highest BCUT2D eigenvalue weighted by atomic mass is 32.2. The van der Waals surface area contributed by atoms with E-state index in [0.29, 0.717) is 12.1 Å². The van der Waals surface area contributed by atoms with Gasteiger partial charge in [-0.25, -0.2) is 18.0 Å². The summed E-state index contributed by atoms with van der Waals surface area (Å²) < 4.78 is 33.7. The number of ether oxygens (including phenoxy) is 2. The van der Waals surface area contributed by atoms with Gasteiger partial charge in [-0.15, -0.1) is 0 Å². The average Bonchev–Trinajstić information content (AvgIpc) is 2.88. The third-order valence-corrected chi connectivity index (χ3v) is 5.45. The molecule has 0 aliphatic carbocycles. The van der Waals surface area contributed by atoms with E-state index in [9.17, 15) is 18.0 Å². The lowest BCUT2D eigenvalue weighted by molar-refractivity contribution is 0.0527. The van der Waals surface area contributed by atoms with E-state index in [1.165, 1.54) is 4.90 Å². The molecule has 0 spiro atoms. The first-order valence-corrected chi connectivity index (χ1v) is 9.64. The second-order valence-corrected chi connectivity index (χ2v) is 7.59. The van der Waals surface area contributed by atoms with Crippen molar-refractivity contribution in [3.63, 3.8) is 0 Å². The summed E-state index contributed by atoms with van der Waals surface area (Å²) in [6.07, 6.45) is -0.366. The van der Waals surface area contributed by atoms with Crippen molar-refractivity contribution in [2.45, 2.75) is 26.3 Å². The summed E-state index contributed by atoms with van der Waals surface area (Å²) in [6, 6.07) is 5.90. The normalized spacial score (nSPS) is 18.8. The lowest BCUT2D eigenvalue weighted by Crippen LogP contribution is -2.42. The summed E-state index contributed by atoms with van der Waals surface area (Å²) in [6.45, 7) is 3.70. The third kappa shape index (κ3) is 4.05. The number of carbonyl (C=O) groups excluding carboxylic acids is 2. The number of hydrogen-bond donors (Lipinski definition) is 0. The van der Waals surface area contributed by atoms with E-state index in [0.717, 1.165) is 0 Å². The second-order valence-electron chi connectivity index (χ2n) is 5.36. The van der Waals surface area contributed by atoms with Gasteiger partial charge in [-0.05, 0) is 32.4 Å². The van der Waals surface area contributed by atoms with Crippen LogP contribution >= 0.6 is 0 Å². The van der Waals surface area contributed by atoms with Crippen molar-refractivity contribution in [3.8, 4) is 0 Å². The Hall–Kier alpha value is -2.09. The van der Waals surface area contributed by atoms with Crippen LogP contribution in [0.5, 0.6) is 0 Å². The summed E-state index contributed by atoms with van der Waals surface area (Å²) >= 11 is 0. The van der Waals surface area contributed by atoms with Gasteiger partial charge in [0.2, 0.25) is 0 Å². The third-order valence-electron chi connectivity index (χ3n) is 3.70. The van der Waals surface area contributed by atoms with Crippen LogP contribution in [0.2, 0.25) is 0 Å². The zero-order chi connectivity index (χ0) is 17.7. The van der Waals surface area contributed by atoms with Gasteiger partial charge in [0, 0.05) is 0 Å².